The van der Waals surface area contributed by atoms with Gasteiger partial charge >= 0.3 is 0 Å². The maximum Gasteiger partial charge on any atom is 0.237 e. The summed E-state index contributed by atoms with van der Waals surface area (Å²) in [6, 6.07) is 9.41. The molecule has 9 heteroatoms. The maximum absolute atomic E-state index is 12.8. The molecule has 1 saturated heterocycles. The zero-order valence-corrected chi connectivity index (χ0v) is 20.2. The first-order valence-electron chi connectivity index (χ1n) is 10.5. The third-order valence-corrected chi connectivity index (χ3v) is 6.57. The van der Waals surface area contributed by atoms with Gasteiger partial charge in [-0.1, -0.05) is 44.5 Å². The van der Waals surface area contributed by atoms with Crippen LogP contribution in [0.2, 0.25) is 5.02 Å². The summed E-state index contributed by atoms with van der Waals surface area (Å²) in [6.07, 6.45) is 2.78. The first-order chi connectivity index (χ1) is 14.4. The van der Waals surface area contributed by atoms with E-state index in [1.165, 1.54) is 0 Å². The van der Waals surface area contributed by atoms with E-state index in [0.717, 1.165) is 18.2 Å². The largest absolute Gasteiger partial charge is 0.355 e. The summed E-state index contributed by atoms with van der Waals surface area (Å²) in [5.41, 5.74) is 0.108. The van der Waals surface area contributed by atoms with Gasteiger partial charge < -0.3 is 10.6 Å². The van der Waals surface area contributed by atoms with Crippen LogP contribution >= 0.6 is 11.6 Å². The predicted molar refractivity (Wildman–Crippen MR) is 123 cm³/mol. The molecule has 3 atom stereocenters. The lowest BCUT2D eigenvalue weighted by Crippen LogP contribution is -2.58. The highest BCUT2D eigenvalue weighted by atomic mass is 35.5. The highest BCUT2D eigenvalue weighted by Crippen LogP contribution is 2.44. The van der Waals surface area contributed by atoms with Crippen LogP contribution in [0.25, 0.3) is 0 Å². The summed E-state index contributed by atoms with van der Waals surface area (Å²) in [4.78, 5) is 12.8. The topological polar surface area (TPSA) is 111 Å². The molecule has 7 nitrogen and oxygen atoms in total. The van der Waals surface area contributed by atoms with Gasteiger partial charge in [-0.05, 0) is 48.3 Å². The quantitative estimate of drug-likeness (QED) is 0.508. The fourth-order valence-electron chi connectivity index (χ4n) is 4.17. The highest BCUT2D eigenvalue weighted by Gasteiger charge is 2.48. The number of carbonyl (C=O) groups is 1. The van der Waals surface area contributed by atoms with Gasteiger partial charge in [0.25, 0.3) is 0 Å². The van der Waals surface area contributed by atoms with Crippen molar-refractivity contribution < 1.29 is 13.2 Å². The van der Waals surface area contributed by atoms with Crippen molar-refractivity contribution in [3.63, 3.8) is 0 Å². The smallest absolute Gasteiger partial charge is 0.237 e. The molecular formula is C22H33ClN4O3S. The van der Waals surface area contributed by atoms with E-state index in [2.05, 4.69) is 42.2 Å². The normalized spacial score (nSPS) is 24.4. The molecule has 0 bridgehead atoms. The third-order valence-electron chi connectivity index (χ3n) is 5.58. The van der Waals surface area contributed by atoms with Gasteiger partial charge in [-0.15, -0.1) is 0 Å². The Morgan fingerprint density at radius 3 is 2.48 bits per heavy atom. The lowest BCUT2D eigenvalue weighted by Gasteiger charge is -2.45. The molecule has 0 spiro atoms. The van der Waals surface area contributed by atoms with Crippen molar-refractivity contribution in [2.45, 2.75) is 51.5 Å². The van der Waals surface area contributed by atoms with E-state index in [4.69, 9.17) is 11.6 Å². The molecule has 0 saturated carbocycles. The lowest BCUT2D eigenvalue weighted by molar-refractivity contribution is -0.124. The van der Waals surface area contributed by atoms with Crippen molar-refractivity contribution in [3.05, 3.63) is 34.9 Å². The number of hydrogen-bond acceptors (Lipinski definition) is 5. The number of piperidine rings is 1. The molecule has 3 N–H and O–H groups in total. The number of carbonyl (C=O) groups excluding carboxylic acids is 1. The predicted octanol–water partition coefficient (Wildman–Crippen LogP) is 2.57. The number of benzene rings is 1. The Labute approximate surface area is 191 Å². The molecule has 1 heterocycles. The SMILES string of the molecule is CC(C)(C)CC1CNC(C(=O)NCCCNS(C)(=O)=O)CC1(C#N)c1ccc(Cl)cc1. The molecule has 1 aliphatic rings. The summed E-state index contributed by atoms with van der Waals surface area (Å²) >= 11 is 6.07. The van der Waals surface area contributed by atoms with E-state index in [1.54, 1.807) is 12.1 Å². The van der Waals surface area contributed by atoms with E-state index >= 15 is 0 Å². The number of nitrogens with one attached hydrogen (secondary N) is 3. The highest BCUT2D eigenvalue weighted by molar-refractivity contribution is 7.88. The van der Waals surface area contributed by atoms with Gasteiger partial charge in [0.2, 0.25) is 15.9 Å². The molecule has 1 aromatic carbocycles. The Bertz CT molecular complexity index is 906. The van der Waals surface area contributed by atoms with Gasteiger partial charge in [-0.25, -0.2) is 13.1 Å². The monoisotopic (exact) mass is 468 g/mol. The Hall–Kier alpha value is -1.66. The minimum atomic E-state index is -3.24. The molecule has 0 radical (unpaired) electrons. The van der Waals surface area contributed by atoms with E-state index in [0.29, 0.717) is 31.0 Å². The second-order valence-corrected chi connectivity index (χ2v) is 11.8. The van der Waals surface area contributed by atoms with Crippen LogP contribution in [-0.4, -0.2) is 46.3 Å². The number of nitrogens with zero attached hydrogens (tertiary/aromatic N) is 1. The molecule has 1 aromatic rings. The summed E-state index contributed by atoms with van der Waals surface area (Å²) in [7, 11) is -3.24. The van der Waals surface area contributed by atoms with Gasteiger partial charge in [0, 0.05) is 24.7 Å². The van der Waals surface area contributed by atoms with Crippen LogP contribution in [-0.2, 0) is 20.2 Å². The molecule has 1 aliphatic heterocycles. The zero-order chi connectivity index (χ0) is 23.3. The summed E-state index contributed by atoms with van der Waals surface area (Å²) in [5.74, 6) is -0.135. The first-order valence-corrected chi connectivity index (χ1v) is 12.8. The number of amides is 1. The van der Waals surface area contributed by atoms with Crippen LogP contribution in [0.15, 0.2) is 24.3 Å². The average molecular weight is 469 g/mol. The van der Waals surface area contributed by atoms with Crippen LogP contribution < -0.4 is 15.4 Å². The minimum Gasteiger partial charge on any atom is -0.355 e. The minimum absolute atomic E-state index is 0.0303. The van der Waals surface area contributed by atoms with E-state index in [-0.39, 0.29) is 23.8 Å². The standard InChI is InChI=1S/C22H33ClN4O3S/c1-21(2,3)12-17-14-26-19(20(28)25-10-5-11-27-31(4,29)30)13-22(17,15-24)16-6-8-18(23)9-7-16/h6-9,17,19,26-27H,5,10-14H2,1-4H3,(H,25,28). The van der Waals surface area contributed by atoms with Crippen LogP contribution in [0, 0.1) is 22.7 Å². The average Bonchev–Trinajstić information content (AvgIpc) is 2.66. The lowest BCUT2D eigenvalue weighted by atomic mass is 9.61. The molecule has 1 amide bonds. The molecule has 0 aliphatic carbocycles. The molecule has 3 unspecified atom stereocenters. The third kappa shape index (κ3) is 7.46. The number of nitriles is 1. The van der Waals surface area contributed by atoms with Crippen molar-refractivity contribution in [1.29, 1.82) is 5.26 Å². The molecule has 0 aromatic heterocycles. The Balaban J connectivity index is 2.15. The molecule has 2 rings (SSSR count). The fraction of sp³-hybridized carbons (Fsp3) is 0.636. The van der Waals surface area contributed by atoms with Gasteiger partial charge in [0.1, 0.15) is 0 Å². The number of rotatable bonds is 8. The summed E-state index contributed by atoms with van der Waals surface area (Å²) < 4.78 is 24.6. The van der Waals surface area contributed by atoms with Crippen LogP contribution in [0.4, 0.5) is 0 Å². The summed E-state index contributed by atoms with van der Waals surface area (Å²) in [5, 5.41) is 17.1. The molecule has 1 fully saturated rings. The van der Waals surface area contributed by atoms with Crippen molar-refractivity contribution in [3.8, 4) is 6.07 Å². The fourth-order valence-corrected chi connectivity index (χ4v) is 4.81. The number of hydrogen-bond donors (Lipinski definition) is 3. The van der Waals surface area contributed by atoms with Gasteiger partial charge in [-0.3, -0.25) is 4.79 Å². The van der Waals surface area contributed by atoms with Gasteiger partial charge in [0.15, 0.2) is 0 Å². The van der Waals surface area contributed by atoms with E-state index < -0.39 is 21.5 Å². The van der Waals surface area contributed by atoms with Crippen LogP contribution in [0.5, 0.6) is 0 Å². The van der Waals surface area contributed by atoms with Gasteiger partial charge in [0.05, 0.1) is 23.8 Å². The van der Waals surface area contributed by atoms with Crippen molar-refractivity contribution in [1.82, 2.24) is 15.4 Å². The Kier molecular flexibility index (Phi) is 8.51. The van der Waals surface area contributed by atoms with Crippen LogP contribution in [0.1, 0.15) is 45.6 Å². The van der Waals surface area contributed by atoms with E-state index in [9.17, 15) is 18.5 Å². The Morgan fingerprint density at radius 2 is 1.94 bits per heavy atom. The molecule has 31 heavy (non-hydrogen) atoms. The second-order valence-electron chi connectivity index (χ2n) is 9.53. The first kappa shape index (κ1) is 25.6. The number of halogens is 1. The van der Waals surface area contributed by atoms with Crippen molar-refractivity contribution >= 4 is 27.5 Å². The van der Waals surface area contributed by atoms with E-state index in [1.807, 2.05) is 12.1 Å². The van der Waals surface area contributed by atoms with Crippen molar-refractivity contribution in [2.75, 3.05) is 25.9 Å². The number of sulfonamides is 1. The Morgan fingerprint density at radius 1 is 1.29 bits per heavy atom. The maximum atomic E-state index is 12.8. The van der Waals surface area contributed by atoms with Crippen molar-refractivity contribution in [2.24, 2.45) is 11.3 Å². The zero-order valence-electron chi connectivity index (χ0n) is 18.7. The van der Waals surface area contributed by atoms with Gasteiger partial charge in [-0.2, -0.15) is 5.26 Å². The van der Waals surface area contributed by atoms with Crippen LogP contribution in [0.3, 0.4) is 0 Å². The summed E-state index contributed by atoms with van der Waals surface area (Å²) in [6.45, 7) is 7.63. The molecule has 172 valence electrons. The second kappa shape index (κ2) is 10.3. The molecular weight excluding hydrogens is 436 g/mol.